The highest BCUT2D eigenvalue weighted by Crippen LogP contribution is 2.48. The maximum Gasteiger partial charge on any atom is 0.416 e. The second-order valence-corrected chi connectivity index (χ2v) is 5.44. The molecule has 3 aliphatic heterocycles. The van der Waals surface area contributed by atoms with E-state index in [1.165, 1.54) is 18.6 Å². The third-order valence-corrected chi connectivity index (χ3v) is 4.11. The summed E-state index contributed by atoms with van der Waals surface area (Å²) in [5, 5.41) is 9.20. The van der Waals surface area contributed by atoms with Gasteiger partial charge in [-0.25, -0.2) is 4.79 Å². The summed E-state index contributed by atoms with van der Waals surface area (Å²) < 4.78 is 38.7. The number of fused-ring (bicyclic) bond motifs is 4. The second kappa shape index (κ2) is 4.37. The van der Waals surface area contributed by atoms with E-state index in [0.29, 0.717) is 23.4 Å². The lowest BCUT2D eigenvalue weighted by Gasteiger charge is -2.23. The smallest absolute Gasteiger partial charge is 0.416 e. The lowest BCUT2D eigenvalue weighted by molar-refractivity contribution is -0.137. The summed E-state index contributed by atoms with van der Waals surface area (Å²) in [6, 6.07) is 4.35. The summed E-state index contributed by atoms with van der Waals surface area (Å²) in [5.74, 6) is 0. The number of aliphatic imine (C=N–C) groups is 1. The van der Waals surface area contributed by atoms with Crippen molar-refractivity contribution >= 4 is 12.4 Å². The summed E-state index contributed by atoms with van der Waals surface area (Å²) in [4.78, 5) is 18.4. The highest BCUT2D eigenvalue weighted by molar-refractivity contribution is 5.77. The van der Waals surface area contributed by atoms with E-state index in [0.717, 1.165) is 22.7 Å². The molecule has 0 aliphatic carbocycles. The van der Waals surface area contributed by atoms with Crippen molar-refractivity contribution in [3.63, 3.8) is 0 Å². The molecule has 0 radical (unpaired) electrons. The van der Waals surface area contributed by atoms with Gasteiger partial charge in [-0.05, 0) is 17.7 Å². The summed E-state index contributed by atoms with van der Waals surface area (Å²) in [5.41, 5.74) is 1.57. The molecule has 5 nitrogen and oxygen atoms in total. The predicted molar refractivity (Wildman–Crippen MR) is 74.1 cm³/mol. The highest BCUT2D eigenvalue weighted by atomic mass is 19.4. The minimum atomic E-state index is -4.43. The number of halogens is 3. The molecule has 0 aromatic heterocycles. The molecule has 1 N–H and O–H groups in total. The Kier molecular flexibility index (Phi) is 2.64. The highest BCUT2D eigenvalue weighted by Gasteiger charge is 2.44. The number of amides is 1. The van der Waals surface area contributed by atoms with E-state index < -0.39 is 23.9 Å². The van der Waals surface area contributed by atoms with Crippen LogP contribution in [0.2, 0.25) is 0 Å². The van der Waals surface area contributed by atoms with Crippen LogP contribution in [0.25, 0.3) is 0 Å². The first-order valence-electron chi connectivity index (χ1n) is 6.82. The quantitative estimate of drug-likeness (QED) is 0.861. The van der Waals surface area contributed by atoms with Crippen LogP contribution in [0.5, 0.6) is 0 Å². The average Bonchev–Trinajstić information content (AvgIpc) is 3.17. The number of rotatable bonds is 1. The molecule has 23 heavy (non-hydrogen) atoms. The first-order chi connectivity index (χ1) is 10.9. The van der Waals surface area contributed by atoms with Crippen LogP contribution in [0, 0.1) is 0 Å². The normalized spacial score (nSPS) is 22.0. The van der Waals surface area contributed by atoms with Crippen LogP contribution in [-0.2, 0) is 6.18 Å². The van der Waals surface area contributed by atoms with E-state index in [1.807, 2.05) is 0 Å². The average molecular weight is 321 g/mol. The zero-order valence-electron chi connectivity index (χ0n) is 11.6. The van der Waals surface area contributed by atoms with Gasteiger partial charge in [0.15, 0.2) is 0 Å². The lowest BCUT2D eigenvalue weighted by atomic mass is 10.0. The number of hydrogen-bond donors (Lipinski definition) is 1. The van der Waals surface area contributed by atoms with Crippen LogP contribution in [-0.4, -0.2) is 27.3 Å². The van der Waals surface area contributed by atoms with Crippen molar-refractivity contribution in [1.29, 1.82) is 0 Å². The fourth-order valence-electron chi connectivity index (χ4n) is 3.11. The van der Waals surface area contributed by atoms with Crippen LogP contribution in [0.3, 0.4) is 0 Å². The standard InChI is InChI=1S/C15H10F3N3O2/c16-15(17,18)9-3-1-2-8(4-9)12-13-11-5-10(21(13)7-19-12)6-20(11)14(22)23/h1-4,6-7,12H,5H2,(H,22,23). The third-order valence-electron chi connectivity index (χ3n) is 4.11. The molecule has 0 saturated carbocycles. The molecule has 0 fully saturated rings. The van der Waals surface area contributed by atoms with Gasteiger partial charge in [-0.3, -0.25) is 9.89 Å². The number of carboxylic acid groups (broad SMARTS) is 1. The van der Waals surface area contributed by atoms with Crippen molar-refractivity contribution in [1.82, 2.24) is 9.80 Å². The Morgan fingerprint density at radius 3 is 2.83 bits per heavy atom. The Morgan fingerprint density at radius 2 is 2.13 bits per heavy atom. The molecule has 2 bridgehead atoms. The fraction of sp³-hybridized carbons (Fsp3) is 0.200. The SMILES string of the molecule is O=C(O)N1C=C2CC1=C1C(c3cccc(C(F)(F)F)c3)N=CN21. The van der Waals surface area contributed by atoms with Crippen LogP contribution >= 0.6 is 0 Å². The van der Waals surface area contributed by atoms with Crippen molar-refractivity contribution < 1.29 is 23.1 Å². The monoisotopic (exact) mass is 321 g/mol. The molecule has 8 heteroatoms. The summed E-state index contributed by atoms with van der Waals surface area (Å²) in [6.07, 6.45) is -2.06. The number of alkyl halides is 3. The van der Waals surface area contributed by atoms with E-state index in [9.17, 15) is 23.1 Å². The molecular weight excluding hydrogens is 311 g/mol. The second-order valence-electron chi connectivity index (χ2n) is 5.44. The van der Waals surface area contributed by atoms with Gasteiger partial charge in [0.05, 0.1) is 23.3 Å². The number of benzene rings is 1. The van der Waals surface area contributed by atoms with Gasteiger partial charge in [-0.1, -0.05) is 12.1 Å². The molecular formula is C15H10F3N3O2. The zero-order chi connectivity index (χ0) is 16.4. The molecule has 3 aliphatic rings. The maximum atomic E-state index is 12.9. The fourth-order valence-corrected chi connectivity index (χ4v) is 3.11. The third kappa shape index (κ3) is 1.94. The largest absolute Gasteiger partial charge is 0.464 e. The van der Waals surface area contributed by atoms with Gasteiger partial charge in [0, 0.05) is 18.3 Å². The molecule has 3 heterocycles. The van der Waals surface area contributed by atoms with E-state index in [2.05, 4.69) is 4.99 Å². The van der Waals surface area contributed by atoms with Crippen LogP contribution < -0.4 is 0 Å². The molecule has 0 saturated heterocycles. The summed E-state index contributed by atoms with van der Waals surface area (Å²) in [6.45, 7) is 0. The Morgan fingerprint density at radius 1 is 1.35 bits per heavy atom. The first kappa shape index (κ1) is 13.9. The van der Waals surface area contributed by atoms with Gasteiger partial charge in [0.1, 0.15) is 6.04 Å². The van der Waals surface area contributed by atoms with E-state index in [-0.39, 0.29) is 0 Å². The topological polar surface area (TPSA) is 56.1 Å². The maximum absolute atomic E-state index is 12.9. The first-order valence-corrected chi connectivity index (χ1v) is 6.82. The Labute approximate surface area is 128 Å². The summed E-state index contributed by atoms with van der Waals surface area (Å²) in [7, 11) is 0. The van der Waals surface area contributed by atoms with Gasteiger partial charge >= 0.3 is 12.3 Å². The molecule has 1 aromatic carbocycles. The van der Waals surface area contributed by atoms with E-state index >= 15 is 0 Å². The predicted octanol–water partition coefficient (Wildman–Crippen LogP) is 3.54. The molecule has 1 unspecified atom stereocenters. The lowest BCUT2D eigenvalue weighted by Crippen LogP contribution is -2.26. The minimum Gasteiger partial charge on any atom is -0.464 e. The van der Waals surface area contributed by atoms with Crippen molar-refractivity contribution in [2.24, 2.45) is 4.99 Å². The Hall–Kier alpha value is -2.77. The van der Waals surface area contributed by atoms with Gasteiger partial charge in [0.2, 0.25) is 0 Å². The van der Waals surface area contributed by atoms with E-state index in [4.69, 9.17) is 0 Å². The van der Waals surface area contributed by atoms with E-state index in [1.54, 1.807) is 11.0 Å². The van der Waals surface area contributed by atoms with Crippen molar-refractivity contribution in [2.75, 3.05) is 0 Å². The zero-order valence-corrected chi connectivity index (χ0v) is 11.6. The van der Waals surface area contributed by atoms with Crippen LogP contribution in [0.15, 0.2) is 52.5 Å². The van der Waals surface area contributed by atoms with Crippen molar-refractivity contribution in [2.45, 2.75) is 18.6 Å². The Balaban J connectivity index is 1.76. The molecule has 1 aromatic rings. The van der Waals surface area contributed by atoms with Gasteiger partial charge in [-0.15, -0.1) is 0 Å². The number of hydrogen-bond acceptors (Lipinski definition) is 3. The van der Waals surface area contributed by atoms with Crippen LogP contribution in [0.1, 0.15) is 23.6 Å². The number of nitrogens with zero attached hydrogens (tertiary/aromatic N) is 3. The number of carbonyl (C=O) groups is 1. The van der Waals surface area contributed by atoms with Gasteiger partial charge in [-0.2, -0.15) is 13.2 Å². The molecule has 1 amide bonds. The molecule has 4 rings (SSSR count). The van der Waals surface area contributed by atoms with Crippen molar-refractivity contribution in [3.8, 4) is 0 Å². The summed E-state index contributed by atoms with van der Waals surface area (Å²) >= 11 is 0. The van der Waals surface area contributed by atoms with Gasteiger partial charge < -0.3 is 10.0 Å². The Bertz CT molecular complexity index is 810. The van der Waals surface area contributed by atoms with Gasteiger partial charge in [0.25, 0.3) is 0 Å². The van der Waals surface area contributed by atoms with Crippen molar-refractivity contribution in [3.05, 3.63) is 58.7 Å². The minimum absolute atomic E-state index is 0.388. The molecule has 0 spiro atoms. The van der Waals surface area contributed by atoms with Crippen LogP contribution in [0.4, 0.5) is 18.0 Å². The molecule has 118 valence electrons. The molecule has 1 atom stereocenters.